The summed E-state index contributed by atoms with van der Waals surface area (Å²) in [4.78, 5) is 12.3. The molecule has 0 spiro atoms. The van der Waals surface area contributed by atoms with E-state index in [9.17, 15) is 4.79 Å². The summed E-state index contributed by atoms with van der Waals surface area (Å²) in [7, 11) is 1.15. The Balaban J connectivity index is 3.94. The van der Waals surface area contributed by atoms with Gasteiger partial charge in [0.15, 0.2) is 0 Å². The molecule has 4 heteroatoms. The SMILES string of the molecule is CC(=O)N(C)C(Cl)[Si](C)C. The molecule has 0 aliphatic rings. The van der Waals surface area contributed by atoms with Gasteiger partial charge in [0.1, 0.15) is 0 Å². The molecular formula is C6H13ClNOSi. The van der Waals surface area contributed by atoms with E-state index < -0.39 is 8.80 Å². The van der Waals surface area contributed by atoms with Gasteiger partial charge in [-0.1, -0.05) is 13.1 Å². The Hall–Kier alpha value is -0.0231. The predicted octanol–water partition coefficient (Wildman–Crippen LogP) is 1.32. The zero-order chi connectivity index (χ0) is 8.31. The first-order chi connectivity index (χ1) is 4.46. The van der Waals surface area contributed by atoms with E-state index in [0.29, 0.717) is 0 Å². The van der Waals surface area contributed by atoms with E-state index in [2.05, 4.69) is 13.1 Å². The van der Waals surface area contributed by atoms with Crippen LogP contribution in [0.5, 0.6) is 0 Å². The van der Waals surface area contributed by atoms with E-state index in [1.165, 1.54) is 6.92 Å². The molecule has 0 N–H and O–H groups in total. The van der Waals surface area contributed by atoms with Crippen LogP contribution < -0.4 is 0 Å². The fraction of sp³-hybridized carbons (Fsp3) is 0.833. The summed E-state index contributed by atoms with van der Waals surface area (Å²) in [5, 5.41) is -0.0810. The van der Waals surface area contributed by atoms with Crippen LogP contribution in [0.2, 0.25) is 13.1 Å². The van der Waals surface area contributed by atoms with Crippen molar-refractivity contribution in [3.8, 4) is 0 Å². The second-order valence-corrected chi connectivity index (χ2v) is 6.02. The molecule has 1 unspecified atom stereocenters. The van der Waals surface area contributed by atoms with Crippen molar-refractivity contribution in [2.24, 2.45) is 0 Å². The van der Waals surface area contributed by atoms with Crippen LogP contribution in [0.1, 0.15) is 6.92 Å². The summed E-state index contributed by atoms with van der Waals surface area (Å²) >= 11 is 5.91. The molecule has 0 heterocycles. The Labute approximate surface area is 68.8 Å². The maximum Gasteiger partial charge on any atom is 0.220 e. The Bertz CT molecular complexity index is 129. The summed E-state index contributed by atoms with van der Waals surface area (Å²) in [6.07, 6.45) is 0. The number of carbonyl (C=O) groups is 1. The largest absolute Gasteiger partial charge is 0.333 e. The maximum absolute atomic E-state index is 10.7. The topological polar surface area (TPSA) is 20.3 Å². The first-order valence-corrected chi connectivity index (χ1v) is 6.15. The van der Waals surface area contributed by atoms with Gasteiger partial charge >= 0.3 is 0 Å². The van der Waals surface area contributed by atoms with Crippen molar-refractivity contribution in [1.29, 1.82) is 0 Å². The van der Waals surface area contributed by atoms with Crippen LogP contribution in [-0.2, 0) is 4.79 Å². The highest BCUT2D eigenvalue weighted by Crippen LogP contribution is 2.06. The average Bonchev–Trinajstić information content (AvgIpc) is 1.84. The first kappa shape index (κ1) is 9.98. The Morgan fingerprint density at radius 3 is 2.10 bits per heavy atom. The number of alkyl halides is 1. The normalized spacial score (nSPS) is 13.4. The molecule has 1 amide bonds. The van der Waals surface area contributed by atoms with Gasteiger partial charge in [0.05, 0.1) is 13.9 Å². The van der Waals surface area contributed by atoms with Crippen molar-refractivity contribution in [1.82, 2.24) is 4.90 Å². The highest BCUT2D eigenvalue weighted by atomic mass is 35.5. The summed E-state index contributed by atoms with van der Waals surface area (Å²) in [5.74, 6) is 0.0335. The molecule has 1 radical (unpaired) electrons. The van der Waals surface area contributed by atoms with Crippen molar-refractivity contribution in [3.05, 3.63) is 0 Å². The van der Waals surface area contributed by atoms with Crippen LogP contribution in [0.4, 0.5) is 0 Å². The van der Waals surface area contributed by atoms with Crippen LogP contribution in [0.25, 0.3) is 0 Å². The lowest BCUT2D eigenvalue weighted by Crippen LogP contribution is -2.39. The van der Waals surface area contributed by atoms with Gasteiger partial charge in [-0.3, -0.25) is 4.79 Å². The van der Waals surface area contributed by atoms with Gasteiger partial charge in [-0.2, -0.15) is 0 Å². The number of amides is 1. The molecule has 59 valence electrons. The van der Waals surface area contributed by atoms with Crippen molar-refractivity contribution in [3.63, 3.8) is 0 Å². The molecule has 0 saturated carbocycles. The number of nitrogens with zero attached hydrogens (tertiary/aromatic N) is 1. The molecule has 0 aromatic rings. The van der Waals surface area contributed by atoms with E-state index in [-0.39, 0.29) is 11.0 Å². The van der Waals surface area contributed by atoms with E-state index >= 15 is 0 Å². The third-order valence-corrected chi connectivity index (χ3v) is 4.26. The van der Waals surface area contributed by atoms with E-state index in [1.54, 1.807) is 11.9 Å². The summed E-state index contributed by atoms with van der Waals surface area (Å²) in [6.45, 7) is 5.70. The van der Waals surface area contributed by atoms with Gasteiger partial charge in [0, 0.05) is 14.0 Å². The zero-order valence-electron chi connectivity index (χ0n) is 6.81. The van der Waals surface area contributed by atoms with Gasteiger partial charge in [0.2, 0.25) is 5.91 Å². The van der Waals surface area contributed by atoms with E-state index in [0.717, 1.165) is 0 Å². The minimum Gasteiger partial charge on any atom is -0.333 e. The molecule has 0 aromatic heterocycles. The third-order valence-electron chi connectivity index (χ3n) is 1.31. The lowest BCUT2D eigenvalue weighted by atomic mass is 10.6. The minimum atomic E-state index is -0.586. The standard InChI is InChI=1S/C6H13ClNOSi/c1-5(9)8(2)6(7)10(3)4/h6H,1-4H3. The summed E-state index contributed by atoms with van der Waals surface area (Å²) < 4.78 is 0. The number of rotatable bonds is 2. The van der Waals surface area contributed by atoms with Gasteiger partial charge in [0.25, 0.3) is 0 Å². The zero-order valence-corrected chi connectivity index (χ0v) is 8.57. The van der Waals surface area contributed by atoms with Gasteiger partial charge in [-0.25, -0.2) is 0 Å². The molecule has 0 bridgehead atoms. The molecule has 1 atom stereocenters. The number of hydrogen-bond donors (Lipinski definition) is 0. The van der Waals surface area contributed by atoms with Crippen LogP contribution in [-0.4, -0.2) is 31.8 Å². The Morgan fingerprint density at radius 1 is 1.60 bits per heavy atom. The molecule has 0 saturated heterocycles. The summed E-state index contributed by atoms with van der Waals surface area (Å²) in [5.41, 5.74) is 0. The first-order valence-electron chi connectivity index (χ1n) is 3.14. The Morgan fingerprint density at radius 2 is 2.00 bits per heavy atom. The fourth-order valence-electron chi connectivity index (χ4n) is 0.547. The predicted molar refractivity (Wildman–Crippen MR) is 45.6 cm³/mol. The maximum atomic E-state index is 10.7. The highest BCUT2D eigenvalue weighted by Gasteiger charge is 2.17. The van der Waals surface area contributed by atoms with Crippen LogP contribution in [0, 0.1) is 0 Å². The van der Waals surface area contributed by atoms with E-state index in [1.807, 2.05) is 0 Å². The van der Waals surface area contributed by atoms with Crippen LogP contribution >= 0.6 is 11.6 Å². The second-order valence-electron chi connectivity index (χ2n) is 2.54. The highest BCUT2D eigenvalue weighted by molar-refractivity contribution is 6.67. The minimum absolute atomic E-state index is 0.0335. The molecule has 0 rings (SSSR count). The number of halogens is 1. The second kappa shape index (κ2) is 3.98. The molecule has 0 aromatic carbocycles. The van der Waals surface area contributed by atoms with Gasteiger partial charge in [-0.15, -0.1) is 11.6 Å². The van der Waals surface area contributed by atoms with Crippen molar-refractivity contribution in [2.75, 3.05) is 7.05 Å². The molecule has 0 fully saturated rings. The molecule has 10 heavy (non-hydrogen) atoms. The quantitative estimate of drug-likeness (QED) is 0.355. The van der Waals surface area contributed by atoms with Crippen LogP contribution in [0.15, 0.2) is 0 Å². The third kappa shape index (κ3) is 2.71. The molecule has 0 aliphatic carbocycles. The van der Waals surface area contributed by atoms with Gasteiger partial charge < -0.3 is 4.90 Å². The average molecular weight is 179 g/mol. The summed E-state index contributed by atoms with van der Waals surface area (Å²) in [6, 6.07) is 0. The fourth-order valence-corrected chi connectivity index (χ4v) is 1.64. The lowest BCUT2D eigenvalue weighted by molar-refractivity contribution is -0.127. The number of carbonyl (C=O) groups excluding carboxylic acids is 1. The lowest BCUT2D eigenvalue weighted by Gasteiger charge is -2.23. The number of hydrogen-bond acceptors (Lipinski definition) is 1. The van der Waals surface area contributed by atoms with Crippen molar-refractivity contribution in [2.45, 2.75) is 25.1 Å². The van der Waals surface area contributed by atoms with Gasteiger partial charge in [-0.05, 0) is 0 Å². The Kier molecular flexibility index (Phi) is 3.97. The van der Waals surface area contributed by atoms with E-state index in [4.69, 9.17) is 11.6 Å². The smallest absolute Gasteiger partial charge is 0.220 e. The van der Waals surface area contributed by atoms with Crippen LogP contribution in [0.3, 0.4) is 0 Å². The van der Waals surface area contributed by atoms with Crippen molar-refractivity contribution < 1.29 is 4.79 Å². The monoisotopic (exact) mass is 178 g/mol. The molecular weight excluding hydrogens is 166 g/mol. The molecule has 0 aliphatic heterocycles. The molecule has 2 nitrogen and oxygen atoms in total. The van der Waals surface area contributed by atoms with Crippen molar-refractivity contribution >= 4 is 26.3 Å².